The minimum atomic E-state index is -0.951. The van der Waals surface area contributed by atoms with Crippen LogP contribution in [-0.2, 0) is 9.53 Å². The van der Waals surface area contributed by atoms with Crippen LogP contribution in [0.25, 0.3) is 0 Å². The Morgan fingerprint density at radius 3 is 2.83 bits per heavy atom. The summed E-state index contributed by atoms with van der Waals surface area (Å²) in [6.07, 6.45) is 3.15. The van der Waals surface area contributed by atoms with Crippen molar-refractivity contribution in [3.8, 4) is 0 Å². The Hall–Kier alpha value is -0.573. The molecule has 0 aliphatic carbocycles. The van der Waals surface area contributed by atoms with Gasteiger partial charge in [-0.3, -0.25) is 4.79 Å². The SMILES string of the molecule is C=C[SiH](C)COC(=O)CCCC. The van der Waals surface area contributed by atoms with Crippen molar-refractivity contribution in [3.05, 3.63) is 12.3 Å². The standard InChI is InChI=1S/C9H18O2Si/c1-4-6-7-9(10)11-8-12(3)5-2/h5,12H,2,4,6-8H2,1,3H3. The van der Waals surface area contributed by atoms with Crippen LogP contribution >= 0.6 is 0 Å². The van der Waals surface area contributed by atoms with Gasteiger partial charge in [-0.1, -0.05) is 19.9 Å². The molecule has 0 aliphatic heterocycles. The van der Waals surface area contributed by atoms with Gasteiger partial charge in [0.2, 0.25) is 0 Å². The van der Waals surface area contributed by atoms with Crippen LogP contribution in [0.15, 0.2) is 12.3 Å². The van der Waals surface area contributed by atoms with Gasteiger partial charge in [0.05, 0.1) is 6.23 Å². The van der Waals surface area contributed by atoms with Crippen molar-refractivity contribution in [1.29, 1.82) is 0 Å². The van der Waals surface area contributed by atoms with Crippen LogP contribution < -0.4 is 0 Å². The van der Waals surface area contributed by atoms with Crippen molar-refractivity contribution in [2.24, 2.45) is 0 Å². The summed E-state index contributed by atoms with van der Waals surface area (Å²) in [4.78, 5) is 11.0. The number of ether oxygens (including phenoxy) is 1. The van der Waals surface area contributed by atoms with E-state index < -0.39 is 8.80 Å². The fraction of sp³-hybridized carbons (Fsp3) is 0.667. The second-order valence-corrected chi connectivity index (χ2v) is 5.76. The Morgan fingerprint density at radius 2 is 2.33 bits per heavy atom. The number of hydrogen-bond acceptors (Lipinski definition) is 2. The molecule has 0 rings (SSSR count). The second kappa shape index (κ2) is 7.10. The molecule has 0 fully saturated rings. The molecule has 1 unspecified atom stereocenters. The summed E-state index contributed by atoms with van der Waals surface area (Å²) in [6, 6.07) is 0. The van der Waals surface area contributed by atoms with Crippen molar-refractivity contribution in [2.45, 2.75) is 32.7 Å². The van der Waals surface area contributed by atoms with E-state index in [-0.39, 0.29) is 5.97 Å². The molecule has 12 heavy (non-hydrogen) atoms. The largest absolute Gasteiger partial charge is 0.469 e. The summed E-state index contributed by atoms with van der Waals surface area (Å²) in [5.74, 6) is -0.0574. The topological polar surface area (TPSA) is 26.3 Å². The Kier molecular flexibility index (Phi) is 6.76. The maximum atomic E-state index is 11.0. The zero-order chi connectivity index (χ0) is 9.40. The van der Waals surface area contributed by atoms with Crippen LogP contribution in [0, 0.1) is 0 Å². The van der Waals surface area contributed by atoms with Crippen LogP contribution in [-0.4, -0.2) is 21.0 Å². The lowest BCUT2D eigenvalue weighted by atomic mass is 10.3. The zero-order valence-electron chi connectivity index (χ0n) is 8.01. The van der Waals surface area contributed by atoms with Gasteiger partial charge in [0.15, 0.2) is 0 Å². The molecule has 0 heterocycles. The third-order valence-corrected chi connectivity index (χ3v) is 3.14. The van der Waals surface area contributed by atoms with Gasteiger partial charge in [-0.15, -0.1) is 12.3 Å². The van der Waals surface area contributed by atoms with E-state index in [2.05, 4.69) is 20.0 Å². The predicted octanol–water partition coefficient (Wildman–Crippen LogP) is 1.84. The van der Waals surface area contributed by atoms with E-state index in [4.69, 9.17) is 4.74 Å². The number of esters is 1. The molecule has 0 saturated heterocycles. The van der Waals surface area contributed by atoms with E-state index in [1.165, 1.54) is 0 Å². The Balaban J connectivity index is 3.36. The minimum Gasteiger partial charge on any atom is -0.469 e. The number of unbranched alkanes of at least 4 members (excludes halogenated alkanes) is 1. The third-order valence-electron chi connectivity index (χ3n) is 1.64. The van der Waals surface area contributed by atoms with Crippen LogP contribution in [0.4, 0.5) is 0 Å². The van der Waals surface area contributed by atoms with Crippen LogP contribution in [0.1, 0.15) is 26.2 Å². The monoisotopic (exact) mass is 186 g/mol. The third kappa shape index (κ3) is 6.16. The molecular weight excluding hydrogens is 168 g/mol. The molecule has 70 valence electrons. The summed E-state index contributed by atoms with van der Waals surface area (Å²) < 4.78 is 5.05. The zero-order valence-corrected chi connectivity index (χ0v) is 9.16. The Labute approximate surface area is 76.2 Å². The normalized spacial score (nSPS) is 12.2. The predicted molar refractivity (Wildman–Crippen MR) is 53.7 cm³/mol. The maximum absolute atomic E-state index is 11.0. The average molecular weight is 186 g/mol. The van der Waals surface area contributed by atoms with Gasteiger partial charge in [-0.05, 0) is 6.42 Å². The van der Waals surface area contributed by atoms with Crippen molar-refractivity contribution in [2.75, 3.05) is 6.23 Å². The lowest BCUT2D eigenvalue weighted by Gasteiger charge is -2.05. The summed E-state index contributed by atoms with van der Waals surface area (Å²) in [6.45, 7) is 7.85. The first-order valence-corrected chi connectivity index (χ1v) is 7.12. The molecule has 2 nitrogen and oxygen atoms in total. The fourth-order valence-corrected chi connectivity index (χ4v) is 1.27. The Morgan fingerprint density at radius 1 is 1.67 bits per heavy atom. The van der Waals surface area contributed by atoms with E-state index in [1.807, 2.05) is 5.70 Å². The van der Waals surface area contributed by atoms with Gasteiger partial charge in [-0.2, -0.15) is 0 Å². The Bertz CT molecular complexity index is 145. The van der Waals surface area contributed by atoms with E-state index in [0.29, 0.717) is 12.7 Å². The quantitative estimate of drug-likeness (QED) is 0.467. The van der Waals surface area contributed by atoms with E-state index in [9.17, 15) is 4.79 Å². The first-order chi connectivity index (χ1) is 5.70. The van der Waals surface area contributed by atoms with Gasteiger partial charge < -0.3 is 4.74 Å². The van der Waals surface area contributed by atoms with Crippen molar-refractivity contribution < 1.29 is 9.53 Å². The van der Waals surface area contributed by atoms with E-state index in [0.717, 1.165) is 12.8 Å². The number of carbonyl (C=O) groups excluding carboxylic acids is 1. The number of hydrogen-bond donors (Lipinski definition) is 0. The lowest BCUT2D eigenvalue weighted by molar-refractivity contribution is -0.141. The van der Waals surface area contributed by atoms with E-state index in [1.54, 1.807) is 0 Å². The van der Waals surface area contributed by atoms with Crippen molar-refractivity contribution >= 4 is 14.8 Å². The van der Waals surface area contributed by atoms with Crippen LogP contribution in [0.5, 0.6) is 0 Å². The molecule has 0 amide bonds. The maximum Gasteiger partial charge on any atom is 0.305 e. The molecule has 1 atom stereocenters. The molecule has 0 spiro atoms. The highest BCUT2D eigenvalue weighted by Crippen LogP contribution is 1.97. The molecule has 0 N–H and O–H groups in total. The highest BCUT2D eigenvalue weighted by atomic mass is 28.3. The van der Waals surface area contributed by atoms with Crippen molar-refractivity contribution in [1.82, 2.24) is 0 Å². The highest BCUT2D eigenvalue weighted by molar-refractivity contribution is 6.62. The minimum absolute atomic E-state index is 0.0574. The molecule has 0 saturated carbocycles. The van der Waals surface area contributed by atoms with Gasteiger partial charge >= 0.3 is 5.97 Å². The molecule has 0 aliphatic rings. The summed E-state index contributed by atoms with van der Waals surface area (Å²) in [5.41, 5.74) is 1.92. The summed E-state index contributed by atoms with van der Waals surface area (Å²) in [5, 5.41) is 0. The summed E-state index contributed by atoms with van der Waals surface area (Å²) >= 11 is 0. The molecular formula is C9H18O2Si. The molecule has 0 radical (unpaired) electrons. The lowest BCUT2D eigenvalue weighted by Crippen LogP contribution is -2.17. The smallest absolute Gasteiger partial charge is 0.305 e. The van der Waals surface area contributed by atoms with Crippen LogP contribution in [0.2, 0.25) is 6.55 Å². The highest BCUT2D eigenvalue weighted by Gasteiger charge is 2.04. The first-order valence-electron chi connectivity index (χ1n) is 4.48. The number of carbonyl (C=O) groups is 1. The first kappa shape index (κ1) is 11.4. The second-order valence-electron chi connectivity index (χ2n) is 3.00. The van der Waals surface area contributed by atoms with Gasteiger partial charge in [-0.25, -0.2) is 0 Å². The number of rotatable bonds is 6. The van der Waals surface area contributed by atoms with E-state index >= 15 is 0 Å². The molecule has 0 aromatic rings. The average Bonchev–Trinajstić information content (AvgIpc) is 2.10. The molecule has 3 heteroatoms. The van der Waals surface area contributed by atoms with Gasteiger partial charge in [0.1, 0.15) is 8.80 Å². The van der Waals surface area contributed by atoms with Gasteiger partial charge in [0, 0.05) is 6.42 Å². The molecule has 0 aromatic heterocycles. The van der Waals surface area contributed by atoms with Crippen molar-refractivity contribution in [3.63, 3.8) is 0 Å². The summed E-state index contributed by atoms with van der Waals surface area (Å²) in [7, 11) is -0.951. The molecule has 0 aromatic carbocycles. The van der Waals surface area contributed by atoms with Crippen LogP contribution in [0.3, 0.4) is 0 Å². The fourth-order valence-electron chi connectivity index (χ4n) is 0.686. The molecule has 0 bridgehead atoms. The van der Waals surface area contributed by atoms with Gasteiger partial charge in [0.25, 0.3) is 0 Å².